The van der Waals surface area contributed by atoms with Gasteiger partial charge in [-0.3, -0.25) is 0 Å². The Bertz CT molecular complexity index is 586. The number of halogens is 2. The van der Waals surface area contributed by atoms with Crippen molar-refractivity contribution < 1.29 is 14.2 Å². The molecule has 2 nitrogen and oxygen atoms in total. The monoisotopic (exact) mass is 338 g/mol. The van der Waals surface area contributed by atoms with Crippen LogP contribution in [0.15, 0.2) is 46.9 Å². The number of ether oxygens (including phenoxy) is 1. The Morgan fingerprint density at radius 3 is 2.60 bits per heavy atom. The molecule has 0 radical (unpaired) electrons. The Hall–Kier alpha value is -1.39. The maximum Gasteiger partial charge on any atom is 0.126 e. The van der Waals surface area contributed by atoms with E-state index in [-0.39, 0.29) is 12.2 Å². The highest BCUT2D eigenvalue weighted by Gasteiger charge is 2.13. The smallest absolute Gasteiger partial charge is 0.126 e. The van der Waals surface area contributed by atoms with Crippen molar-refractivity contribution in [3.05, 3.63) is 63.9 Å². The molecule has 2 rings (SSSR count). The number of aliphatic hydroxyl groups excluding tert-OH is 1. The Morgan fingerprint density at radius 2 is 1.85 bits per heavy atom. The molecule has 0 saturated carbocycles. The van der Waals surface area contributed by atoms with Crippen LogP contribution in [0.5, 0.6) is 5.75 Å². The van der Waals surface area contributed by atoms with Gasteiger partial charge in [0.2, 0.25) is 0 Å². The van der Waals surface area contributed by atoms with Gasteiger partial charge in [0.15, 0.2) is 0 Å². The SMILES string of the molecule is COc1ccccc1CC(O)Cc1cc(Br)ccc1F. The van der Waals surface area contributed by atoms with Gasteiger partial charge in [0.1, 0.15) is 11.6 Å². The van der Waals surface area contributed by atoms with Crippen LogP contribution < -0.4 is 4.74 Å². The summed E-state index contributed by atoms with van der Waals surface area (Å²) in [6, 6.07) is 12.3. The molecule has 1 unspecified atom stereocenters. The van der Waals surface area contributed by atoms with Crippen LogP contribution in [0.3, 0.4) is 0 Å². The molecule has 1 atom stereocenters. The van der Waals surface area contributed by atoms with E-state index in [0.717, 1.165) is 15.8 Å². The fourth-order valence-corrected chi connectivity index (χ4v) is 2.56. The second-order valence-corrected chi connectivity index (χ2v) is 5.53. The van der Waals surface area contributed by atoms with Crippen LogP contribution in [-0.4, -0.2) is 18.3 Å². The molecule has 0 heterocycles. The van der Waals surface area contributed by atoms with E-state index in [1.54, 1.807) is 19.2 Å². The van der Waals surface area contributed by atoms with Crippen LogP contribution in [-0.2, 0) is 12.8 Å². The molecule has 2 aromatic rings. The maximum absolute atomic E-state index is 13.7. The first-order chi connectivity index (χ1) is 9.60. The summed E-state index contributed by atoms with van der Waals surface area (Å²) in [6.07, 6.45) is 0.0364. The summed E-state index contributed by atoms with van der Waals surface area (Å²) in [5.74, 6) is 0.438. The molecule has 1 N–H and O–H groups in total. The molecule has 0 aliphatic heterocycles. The van der Waals surface area contributed by atoms with Gasteiger partial charge in [0, 0.05) is 17.3 Å². The van der Waals surface area contributed by atoms with Crippen molar-refractivity contribution >= 4 is 15.9 Å². The van der Waals surface area contributed by atoms with Gasteiger partial charge in [-0.25, -0.2) is 4.39 Å². The number of aliphatic hydroxyl groups is 1. The third-order valence-corrected chi connectivity index (χ3v) is 3.60. The summed E-state index contributed by atoms with van der Waals surface area (Å²) in [5.41, 5.74) is 1.42. The fourth-order valence-electron chi connectivity index (χ4n) is 2.15. The minimum absolute atomic E-state index is 0.267. The van der Waals surface area contributed by atoms with Crippen molar-refractivity contribution in [1.82, 2.24) is 0 Å². The zero-order valence-electron chi connectivity index (χ0n) is 11.1. The molecular weight excluding hydrogens is 323 g/mol. The highest BCUT2D eigenvalue weighted by molar-refractivity contribution is 9.10. The van der Waals surface area contributed by atoms with E-state index in [1.165, 1.54) is 6.07 Å². The van der Waals surface area contributed by atoms with Gasteiger partial charge in [0.25, 0.3) is 0 Å². The number of hydrogen-bond donors (Lipinski definition) is 1. The molecule has 0 saturated heterocycles. The predicted octanol–water partition coefficient (Wildman–Crippen LogP) is 3.74. The van der Waals surface area contributed by atoms with E-state index in [4.69, 9.17) is 4.74 Å². The largest absolute Gasteiger partial charge is 0.496 e. The lowest BCUT2D eigenvalue weighted by Gasteiger charge is -2.14. The maximum atomic E-state index is 13.7. The third-order valence-electron chi connectivity index (χ3n) is 3.11. The second-order valence-electron chi connectivity index (χ2n) is 4.61. The lowest BCUT2D eigenvalue weighted by Crippen LogP contribution is -2.15. The third kappa shape index (κ3) is 3.81. The van der Waals surface area contributed by atoms with Crippen molar-refractivity contribution in [2.75, 3.05) is 7.11 Å². The molecule has 0 bridgehead atoms. The van der Waals surface area contributed by atoms with Crippen molar-refractivity contribution in [2.24, 2.45) is 0 Å². The molecule has 4 heteroatoms. The van der Waals surface area contributed by atoms with E-state index >= 15 is 0 Å². The number of hydrogen-bond acceptors (Lipinski definition) is 2. The molecule has 0 aliphatic carbocycles. The van der Waals surface area contributed by atoms with Gasteiger partial charge in [-0.2, -0.15) is 0 Å². The van der Waals surface area contributed by atoms with E-state index in [0.29, 0.717) is 12.0 Å². The van der Waals surface area contributed by atoms with E-state index in [1.807, 2.05) is 24.3 Å². The standard InChI is InChI=1S/C16H16BrFO2/c1-20-16-5-3-2-4-11(16)9-14(19)10-12-8-13(17)6-7-15(12)18/h2-8,14,19H,9-10H2,1H3. The molecule has 0 aliphatic rings. The fraction of sp³-hybridized carbons (Fsp3) is 0.250. The molecule has 0 amide bonds. The van der Waals surface area contributed by atoms with Crippen LogP contribution >= 0.6 is 15.9 Å². The summed E-state index contributed by atoms with van der Waals surface area (Å²) < 4.78 is 19.7. The van der Waals surface area contributed by atoms with Gasteiger partial charge in [-0.1, -0.05) is 34.1 Å². The lowest BCUT2D eigenvalue weighted by atomic mass is 10.0. The van der Waals surface area contributed by atoms with Crippen molar-refractivity contribution in [2.45, 2.75) is 18.9 Å². The number of benzene rings is 2. The van der Waals surface area contributed by atoms with Gasteiger partial charge < -0.3 is 9.84 Å². The number of para-hydroxylation sites is 1. The van der Waals surface area contributed by atoms with Crippen LogP contribution in [0.4, 0.5) is 4.39 Å². The summed E-state index contributed by atoms with van der Waals surface area (Å²) >= 11 is 3.31. The van der Waals surface area contributed by atoms with Crippen molar-refractivity contribution in [3.8, 4) is 5.75 Å². The lowest BCUT2D eigenvalue weighted by molar-refractivity contribution is 0.173. The Balaban J connectivity index is 2.09. The average molecular weight is 339 g/mol. The first kappa shape index (κ1) is 15.0. The quantitative estimate of drug-likeness (QED) is 0.899. The van der Waals surface area contributed by atoms with Crippen molar-refractivity contribution in [1.29, 1.82) is 0 Å². The van der Waals surface area contributed by atoms with E-state index < -0.39 is 6.10 Å². The Morgan fingerprint density at radius 1 is 1.15 bits per heavy atom. The topological polar surface area (TPSA) is 29.5 Å². The molecular formula is C16H16BrFO2. The molecule has 0 spiro atoms. The molecule has 20 heavy (non-hydrogen) atoms. The Labute approximate surface area is 126 Å². The first-order valence-corrected chi connectivity index (χ1v) is 7.13. The first-order valence-electron chi connectivity index (χ1n) is 6.34. The van der Waals surface area contributed by atoms with Gasteiger partial charge in [-0.05, 0) is 35.4 Å². The average Bonchev–Trinajstić information content (AvgIpc) is 2.43. The molecule has 0 aromatic heterocycles. The molecule has 0 fully saturated rings. The predicted molar refractivity (Wildman–Crippen MR) is 80.5 cm³/mol. The van der Waals surface area contributed by atoms with Crippen LogP contribution in [0, 0.1) is 5.82 Å². The molecule has 106 valence electrons. The summed E-state index contributed by atoms with van der Waals surface area (Å²) in [4.78, 5) is 0. The van der Waals surface area contributed by atoms with Gasteiger partial charge in [0.05, 0.1) is 13.2 Å². The minimum atomic E-state index is -0.657. The van der Waals surface area contributed by atoms with Crippen LogP contribution in [0.25, 0.3) is 0 Å². The minimum Gasteiger partial charge on any atom is -0.496 e. The zero-order chi connectivity index (χ0) is 14.5. The van der Waals surface area contributed by atoms with E-state index in [9.17, 15) is 9.50 Å². The Kier molecular flexibility index (Phi) is 5.15. The van der Waals surface area contributed by atoms with Crippen LogP contribution in [0.2, 0.25) is 0 Å². The number of rotatable bonds is 5. The number of methoxy groups -OCH3 is 1. The normalized spacial score (nSPS) is 12.2. The van der Waals surface area contributed by atoms with Gasteiger partial charge in [-0.15, -0.1) is 0 Å². The van der Waals surface area contributed by atoms with Crippen LogP contribution in [0.1, 0.15) is 11.1 Å². The summed E-state index contributed by atoms with van der Waals surface area (Å²) in [7, 11) is 1.60. The highest BCUT2D eigenvalue weighted by Crippen LogP contribution is 2.22. The summed E-state index contributed by atoms with van der Waals surface area (Å²) in [5, 5.41) is 10.2. The van der Waals surface area contributed by atoms with Gasteiger partial charge >= 0.3 is 0 Å². The highest BCUT2D eigenvalue weighted by atomic mass is 79.9. The zero-order valence-corrected chi connectivity index (χ0v) is 12.7. The summed E-state index contributed by atoms with van der Waals surface area (Å²) in [6.45, 7) is 0. The van der Waals surface area contributed by atoms with Crippen molar-refractivity contribution in [3.63, 3.8) is 0 Å². The van der Waals surface area contributed by atoms with E-state index in [2.05, 4.69) is 15.9 Å². The molecule has 2 aromatic carbocycles. The second kappa shape index (κ2) is 6.86.